The van der Waals surface area contributed by atoms with Crippen LogP contribution in [0.1, 0.15) is 37.7 Å². The number of benzene rings is 1. The molecule has 2 unspecified atom stereocenters. The van der Waals surface area contributed by atoms with Gasteiger partial charge in [0.25, 0.3) is 0 Å². The maximum Gasteiger partial charge on any atom is 0.220 e. The van der Waals surface area contributed by atoms with Gasteiger partial charge in [-0.3, -0.25) is 4.79 Å². The summed E-state index contributed by atoms with van der Waals surface area (Å²) in [5, 5.41) is 6.40. The Morgan fingerprint density at radius 1 is 1.45 bits per heavy atom. The van der Waals surface area contributed by atoms with Crippen LogP contribution < -0.4 is 15.4 Å². The Kier molecular flexibility index (Phi) is 5.41. The van der Waals surface area contributed by atoms with E-state index in [1.54, 1.807) is 7.11 Å². The SMILES string of the molecule is COc1ccc(C(C)CC(=O)NCC2CCCN2)cc1. The second-order valence-electron chi connectivity index (χ2n) is 5.48. The van der Waals surface area contributed by atoms with Crippen LogP contribution in [0.5, 0.6) is 5.75 Å². The van der Waals surface area contributed by atoms with Crippen LogP contribution in [0, 0.1) is 0 Å². The summed E-state index contributed by atoms with van der Waals surface area (Å²) >= 11 is 0. The van der Waals surface area contributed by atoms with Gasteiger partial charge in [0, 0.05) is 19.0 Å². The molecule has 0 spiro atoms. The van der Waals surface area contributed by atoms with E-state index in [0.717, 1.165) is 25.3 Å². The van der Waals surface area contributed by atoms with Gasteiger partial charge in [-0.15, -0.1) is 0 Å². The van der Waals surface area contributed by atoms with Crippen LogP contribution in [-0.4, -0.2) is 32.1 Å². The molecule has 0 radical (unpaired) electrons. The fourth-order valence-corrected chi connectivity index (χ4v) is 2.57. The number of methoxy groups -OCH3 is 1. The molecule has 0 aliphatic carbocycles. The molecule has 110 valence electrons. The van der Waals surface area contributed by atoms with E-state index in [2.05, 4.69) is 17.6 Å². The van der Waals surface area contributed by atoms with Gasteiger partial charge in [0.15, 0.2) is 0 Å². The molecule has 1 aliphatic rings. The first-order valence-corrected chi connectivity index (χ1v) is 7.33. The summed E-state index contributed by atoms with van der Waals surface area (Å²) in [4.78, 5) is 11.9. The highest BCUT2D eigenvalue weighted by atomic mass is 16.5. The lowest BCUT2D eigenvalue weighted by molar-refractivity contribution is -0.121. The molecule has 0 aromatic heterocycles. The molecule has 1 amide bonds. The van der Waals surface area contributed by atoms with Crippen LogP contribution in [0.2, 0.25) is 0 Å². The predicted molar refractivity (Wildman–Crippen MR) is 80.1 cm³/mol. The Labute approximate surface area is 120 Å². The third-order valence-electron chi connectivity index (χ3n) is 3.88. The van der Waals surface area contributed by atoms with Gasteiger partial charge in [0.2, 0.25) is 5.91 Å². The van der Waals surface area contributed by atoms with Crippen molar-refractivity contribution >= 4 is 5.91 Å². The Bertz CT molecular complexity index is 425. The second-order valence-corrected chi connectivity index (χ2v) is 5.48. The number of carbonyl (C=O) groups excluding carboxylic acids is 1. The van der Waals surface area contributed by atoms with E-state index in [4.69, 9.17) is 4.74 Å². The number of amides is 1. The predicted octanol–water partition coefficient (Wildman–Crippen LogP) is 2.06. The van der Waals surface area contributed by atoms with E-state index in [1.165, 1.54) is 12.0 Å². The first kappa shape index (κ1) is 14.9. The molecular weight excluding hydrogens is 252 g/mol. The third-order valence-corrected chi connectivity index (χ3v) is 3.88. The Morgan fingerprint density at radius 3 is 2.80 bits per heavy atom. The smallest absolute Gasteiger partial charge is 0.220 e. The van der Waals surface area contributed by atoms with Gasteiger partial charge in [-0.05, 0) is 43.0 Å². The van der Waals surface area contributed by atoms with Crippen molar-refractivity contribution in [1.29, 1.82) is 0 Å². The largest absolute Gasteiger partial charge is 0.497 e. The quantitative estimate of drug-likeness (QED) is 0.836. The summed E-state index contributed by atoms with van der Waals surface area (Å²) < 4.78 is 5.14. The molecular formula is C16H24N2O2. The Hall–Kier alpha value is -1.55. The minimum absolute atomic E-state index is 0.127. The summed E-state index contributed by atoms with van der Waals surface area (Å²) in [6.07, 6.45) is 2.90. The van der Waals surface area contributed by atoms with Gasteiger partial charge in [-0.25, -0.2) is 0 Å². The standard InChI is InChI=1S/C16H24N2O2/c1-12(13-5-7-15(20-2)8-6-13)10-16(19)18-11-14-4-3-9-17-14/h5-8,12,14,17H,3-4,9-11H2,1-2H3,(H,18,19). The minimum atomic E-state index is 0.127. The number of hydrogen-bond acceptors (Lipinski definition) is 3. The normalized spacial score (nSPS) is 19.6. The van der Waals surface area contributed by atoms with Crippen molar-refractivity contribution in [1.82, 2.24) is 10.6 Å². The van der Waals surface area contributed by atoms with Gasteiger partial charge in [-0.1, -0.05) is 19.1 Å². The van der Waals surface area contributed by atoms with Gasteiger partial charge in [-0.2, -0.15) is 0 Å². The number of nitrogens with one attached hydrogen (secondary N) is 2. The van der Waals surface area contributed by atoms with Gasteiger partial charge in [0.1, 0.15) is 5.75 Å². The molecule has 1 heterocycles. The number of rotatable bonds is 6. The van der Waals surface area contributed by atoms with Crippen LogP contribution in [-0.2, 0) is 4.79 Å². The van der Waals surface area contributed by atoms with E-state index >= 15 is 0 Å². The Morgan fingerprint density at radius 2 is 2.20 bits per heavy atom. The molecule has 2 atom stereocenters. The van der Waals surface area contributed by atoms with Crippen molar-refractivity contribution in [2.45, 2.75) is 38.1 Å². The molecule has 2 rings (SSSR count). The monoisotopic (exact) mass is 276 g/mol. The molecule has 20 heavy (non-hydrogen) atoms. The molecule has 1 aromatic rings. The lowest BCUT2D eigenvalue weighted by Gasteiger charge is -2.15. The second kappa shape index (κ2) is 7.29. The topological polar surface area (TPSA) is 50.4 Å². The zero-order valence-electron chi connectivity index (χ0n) is 12.3. The van der Waals surface area contributed by atoms with Crippen molar-refractivity contribution in [3.05, 3.63) is 29.8 Å². The van der Waals surface area contributed by atoms with Crippen molar-refractivity contribution in [2.75, 3.05) is 20.2 Å². The van der Waals surface area contributed by atoms with E-state index in [9.17, 15) is 4.79 Å². The van der Waals surface area contributed by atoms with Crippen LogP contribution in [0.3, 0.4) is 0 Å². The molecule has 0 saturated carbocycles. The molecule has 4 heteroatoms. The van der Waals surface area contributed by atoms with Gasteiger partial charge in [0.05, 0.1) is 7.11 Å². The fourth-order valence-electron chi connectivity index (χ4n) is 2.57. The van der Waals surface area contributed by atoms with Crippen molar-refractivity contribution in [3.8, 4) is 5.75 Å². The highest BCUT2D eigenvalue weighted by Gasteiger charge is 2.16. The number of hydrogen-bond donors (Lipinski definition) is 2. The van der Waals surface area contributed by atoms with Crippen LogP contribution in [0.15, 0.2) is 24.3 Å². The Balaban J connectivity index is 1.77. The third kappa shape index (κ3) is 4.23. The summed E-state index contributed by atoms with van der Waals surface area (Å²) in [6, 6.07) is 8.37. The maximum absolute atomic E-state index is 11.9. The average molecular weight is 276 g/mol. The van der Waals surface area contributed by atoms with E-state index in [-0.39, 0.29) is 11.8 Å². The lowest BCUT2D eigenvalue weighted by atomic mass is 9.97. The van der Waals surface area contributed by atoms with Crippen LogP contribution in [0.4, 0.5) is 0 Å². The highest BCUT2D eigenvalue weighted by molar-refractivity contribution is 5.76. The van der Waals surface area contributed by atoms with E-state index in [1.807, 2.05) is 24.3 Å². The molecule has 1 saturated heterocycles. The maximum atomic E-state index is 11.9. The molecule has 0 bridgehead atoms. The molecule has 1 aromatic carbocycles. The van der Waals surface area contributed by atoms with Crippen molar-refractivity contribution in [2.24, 2.45) is 0 Å². The van der Waals surface area contributed by atoms with Gasteiger partial charge >= 0.3 is 0 Å². The fraction of sp³-hybridized carbons (Fsp3) is 0.562. The summed E-state index contributed by atoms with van der Waals surface area (Å²) in [5.41, 5.74) is 1.17. The zero-order chi connectivity index (χ0) is 14.4. The zero-order valence-corrected chi connectivity index (χ0v) is 12.3. The van der Waals surface area contributed by atoms with Crippen molar-refractivity contribution in [3.63, 3.8) is 0 Å². The number of ether oxygens (including phenoxy) is 1. The average Bonchev–Trinajstić information content (AvgIpc) is 2.98. The molecule has 4 nitrogen and oxygen atoms in total. The van der Waals surface area contributed by atoms with E-state index < -0.39 is 0 Å². The van der Waals surface area contributed by atoms with Crippen LogP contribution in [0.25, 0.3) is 0 Å². The van der Waals surface area contributed by atoms with Crippen molar-refractivity contribution < 1.29 is 9.53 Å². The summed E-state index contributed by atoms with van der Waals surface area (Å²) in [5.74, 6) is 1.19. The molecule has 1 fully saturated rings. The first-order valence-electron chi connectivity index (χ1n) is 7.33. The summed E-state index contributed by atoms with van der Waals surface area (Å²) in [6.45, 7) is 3.90. The molecule has 1 aliphatic heterocycles. The van der Waals surface area contributed by atoms with Gasteiger partial charge < -0.3 is 15.4 Å². The highest BCUT2D eigenvalue weighted by Crippen LogP contribution is 2.21. The van der Waals surface area contributed by atoms with Crippen LogP contribution >= 0.6 is 0 Å². The summed E-state index contributed by atoms with van der Waals surface area (Å²) in [7, 11) is 1.66. The first-order chi connectivity index (χ1) is 9.69. The minimum Gasteiger partial charge on any atom is -0.497 e. The molecule has 2 N–H and O–H groups in total. The lowest BCUT2D eigenvalue weighted by Crippen LogP contribution is -2.37. The number of carbonyl (C=O) groups is 1. The van der Waals surface area contributed by atoms with E-state index in [0.29, 0.717) is 12.5 Å².